The zero-order valence-electron chi connectivity index (χ0n) is 14.2. The van der Waals surface area contributed by atoms with Crippen LogP contribution >= 0.6 is 0 Å². The number of benzene rings is 1. The minimum absolute atomic E-state index is 0.492. The van der Waals surface area contributed by atoms with Gasteiger partial charge >= 0.3 is 0 Å². The van der Waals surface area contributed by atoms with Gasteiger partial charge in [-0.05, 0) is 92.7 Å². The van der Waals surface area contributed by atoms with Crippen molar-refractivity contribution >= 4 is 0 Å². The highest BCUT2D eigenvalue weighted by Crippen LogP contribution is 2.44. The van der Waals surface area contributed by atoms with Gasteiger partial charge in [-0.15, -0.1) is 0 Å². The molecular weight excluding hydrogens is 287 g/mol. The summed E-state index contributed by atoms with van der Waals surface area (Å²) in [6.45, 7) is 0. The molecule has 2 aliphatic carbocycles. The van der Waals surface area contributed by atoms with Crippen LogP contribution in [-0.4, -0.2) is 7.11 Å². The Labute approximate surface area is 139 Å². The topological polar surface area (TPSA) is 9.23 Å². The average molecular weight is 316 g/mol. The van der Waals surface area contributed by atoms with Gasteiger partial charge in [-0.1, -0.05) is 18.2 Å². The van der Waals surface area contributed by atoms with Crippen LogP contribution in [0.1, 0.15) is 62.8 Å². The molecule has 2 aliphatic rings. The molecule has 2 heteroatoms. The van der Waals surface area contributed by atoms with Crippen LogP contribution in [0.3, 0.4) is 0 Å². The molecule has 0 amide bonds. The molecule has 0 heterocycles. The third-order valence-electron chi connectivity index (χ3n) is 6.19. The molecule has 3 rings (SSSR count). The van der Waals surface area contributed by atoms with Crippen molar-refractivity contribution in [1.29, 1.82) is 0 Å². The molecule has 0 radical (unpaired) electrons. The van der Waals surface area contributed by atoms with Crippen molar-refractivity contribution < 1.29 is 9.13 Å². The van der Waals surface area contributed by atoms with Crippen molar-refractivity contribution in [3.8, 4) is 5.75 Å². The Balaban J connectivity index is 1.48. The van der Waals surface area contributed by atoms with Gasteiger partial charge in [-0.3, -0.25) is 0 Å². The lowest BCUT2D eigenvalue weighted by Gasteiger charge is -2.37. The predicted molar refractivity (Wildman–Crippen MR) is 93.4 cm³/mol. The van der Waals surface area contributed by atoms with E-state index in [9.17, 15) is 4.39 Å². The fourth-order valence-electron chi connectivity index (χ4n) is 4.71. The highest BCUT2D eigenvalue weighted by atomic mass is 19.1. The smallest absolute Gasteiger partial charge is 0.118 e. The summed E-state index contributed by atoms with van der Waals surface area (Å²) in [6.07, 6.45) is 12.8. The molecule has 0 aromatic heterocycles. The van der Waals surface area contributed by atoms with Crippen LogP contribution in [0.15, 0.2) is 36.7 Å². The summed E-state index contributed by atoms with van der Waals surface area (Å²) in [5, 5.41) is 0. The van der Waals surface area contributed by atoms with Crippen LogP contribution in [0.2, 0.25) is 0 Å². The summed E-state index contributed by atoms with van der Waals surface area (Å²) in [6, 6.07) is 8.64. The predicted octanol–water partition coefficient (Wildman–Crippen LogP) is 6.26. The Kier molecular flexibility index (Phi) is 5.75. The van der Waals surface area contributed by atoms with Crippen molar-refractivity contribution in [2.75, 3.05) is 7.11 Å². The van der Waals surface area contributed by atoms with Gasteiger partial charge < -0.3 is 4.74 Å². The maximum atomic E-state index is 12.3. The number of methoxy groups -OCH3 is 1. The molecule has 0 N–H and O–H groups in total. The van der Waals surface area contributed by atoms with E-state index in [2.05, 4.69) is 24.3 Å². The molecule has 0 unspecified atom stereocenters. The van der Waals surface area contributed by atoms with E-state index in [0.717, 1.165) is 29.8 Å². The molecule has 0 saturated heterocycles. The zero-order valence-corrected chi connectivity index (χ0v) is 14.2. The van der Waals surface area contributed by atoms with E-state index in [-0.39, 0.29) is 0 Å². The van der Waals surface area contributed by atoms with Crippen LogP contribution in [0.4, 0.5) is 4.39 Å². The van der Waals surface area contributed by atoms with Crippen LogP contribution in [0.5, 0.6) is 5.75 Å². The molecular formula is C21H29FO. The second-order valence-corrected chi connectivity index (χ2v) is 7.38. The molecule has 2 saturated carbocycles. The molecule has 0 bridgehead atoms. The average Bonchev–Trinajstić information content (AvgIpc) is 2.63. The first-order valence-electron chi connectivity index (χ1n) is 9.21. The Morgan fingerprint density at radius 1 is 0.870 bits per heavy atom. The van der Waals surface area contributed by atoms with Crippen molar-refractivity contribution in [2.45, 2.75) is 57.3 Å². The summed E-state index contributed by atoms with van der Waals surface area (Å²) in [4.78, 5) is 0. The van der Waals surface area contributed by atoms with Crippen molar-refractivity contribution in [3.63, 3.8) is 0 Å². The first-order chi connectivity index (χ1) is 11.3. The van der Waals surface area contributed by atoms with Crippen molar-refractivity contribution in [3.05, 3.63) is 42.2 Å². The number of ether oxygens (including phenoxy) is 1. The number of hydrogen-bond donors (Lipinski definition) is 0. The maximum Gasteiger partial charge on any atom is 0.118 e. The Hall–Kier alpha value is -1.31. The lowest BCUT2D eigenvalue weighted by atomic mass is 9.68. The fraction of sp³-hybridized carbons (Fsp3) is 0.619. The third kappa shape index (κ3) is 4.16. The van der Waals surface area contributed by atoms with Gasteiger partial charge in [0.05, 0.1) is 13.4 Å². The van der Waals surface area contributed by atoms with Crippen LogP contribution < -0.4 is 4.74 Å². The second-order valence-electron chi connectivity index (χ2n) is 7.38. The van der Waals surface area contributed by atoms with Gasteiger partial charge in [-0.2, -0.15) is 0 Å². The van der Waals surface area contributed by atoms with Crippen molar-refractivity contribution in [2.24, 2.45) is 17.8 Å². The summed E-state index contributed by atoms with van der Waals surface area (Å²) in [7, 11) is 1.72. The number of rotatable bonds is 4. The molecule has 2 fully saturated rings. The summed E-state index contributed by atoms with van der Waals surface area (Å²) in [5.41, 5.74) is 1.47. The minimum atomic E-state index is 0.492. The summed E-state index contributed by atoms with van der Waals surface area (Å²) >= 11 is 0. The Morgan fingerprint density at radius 2 is 1.43 bits per heavy atom. The molecule has 1 aromatic carbocycles. The zero-order chi connectivity index (χ0) is 16.1. The molecule has 0 spiro atoms. The molecule has 1 aromatic rings. The molecule has 0 aliphatic heterocycles. The van der Waals surface area contributed by atoms with E-state index >= 15 is 0 Å². The van der Waals surface area contributed by atoms with Gasteiger partial charge in [0, 0.05) is 0 Å². The van der Waals surface area contributed by atoms with Crippen LogP contribution in [-0.2, 0) is 0 Å². The number of hydrogen-bond acceptors (Lipinski definition) is 1. The third-order valence-corrected chi connectivity index (χ3v) is 6.19. The minimum Gasteiger partial charge on any atom is -0.497 e. The van der Waals surface area contributed by atoms with E-state index in [1.165, 1.54) is 56.9 Å². The summed E-state index contributed by atoms with van der Waals surface area (Å²) < 4.78 is 17.5. The molecule has 126 valence electrons. The molecule has 0 atom stereocenters. The van der Waals surface area contributed by atoms with E-state index in [1.54, 1.807) is 13.2 Å². The number of allylic oxidation sites excluding steroid dienone is 1. The lowest BCUT2D eigenvalue weighted by Crippen LogP contribution is -2.25. The normalized spacial score (nSPS) is 32.1. The standard InChI is InChI=1S/C21H29FO/c1-23-21-12-10-20(11-13-21)19-8-6-18(7-9-19)17-4-2-16(3-5-17)14-15-22/h10-19H,2-9H2,1H3. The first-order valence-corrected chi connectivity index (χ1v) is 9.21. The monoisotopic (exact) mass is 316 g/mol. The van der Waals surface area contributed by atoms with E-state index in [0.29, 0.717) is 5.92 Å². The van der Waals surface area contributed by atoms with E-state index in [4.69, 9.17) is 4.74 Å². The van der Waals surface area contributed by atoms with E-state index < -0.39 is 0 Å². The molecule has 23 heavy (non-hydrogen) atoms. The lowest BCUT2D eigenvalue weighted by molar-refractivity contribution is 0.171. The van der Waals surface area contributed by atoms with Gasteiger partial charge in [0.2, 0.25) is 0 Å². The van der Waals surface area contributed by atoms with Crippen LogP contribution in [0.25, 0.3) is 0 Å². The largest absolute Gasteiger partial charge is 0.497 e. The Morgan fingerprint density at radius 3 is 1.96 bits per heavy atom. The fourth-order valence-corrected chi connectivity index (χ4v) is 4.71. The van der Waals surface area contributed by atoms with Gasteiger partial charge in [-0.25, -0.2) is 4.39 Å². The quantitative estimate of drug-likeness (QED) is 0.637. The second kappa shape index (κ2) is 7.99. The van der Waals surface area contributed by atoms with Crippen LogP contribution in [0, 0.1) is 17.8 Å². The molecule has 1 nitrogen and oxygen atoms in total. The Bertz CT molecular complexity index is 491. The van der Waals surface area contributed by atoms with Gasteiger partial charge in [0.25, 0.3) is 0 Å². The first kappa shape index (κ1) is 16.5. The number of halogens is 1. The van der Waals surface area contributed by atoms with Gasteiger partial charge in [0.1, 0.15) is 5.75 Å². The summed E-state index contributed by atoms with van der Waals surface area (Å²) in [5.74, 6) is 3.95. The SMILES string of the molecule is COc1ccc(C2CCC(C3CCC(C=CF)CC3)CC2)cc1. The van der Waals surface area contributed by atoms with E-state index in [1.807, 2.05) is 0 Å². The van der Waals surface area contributed by atoms with Crippen molar-refractivity contribution in [1.82, 2.24) is 0 Å². The highest BCUT2D eigenvalue weighted by molar-refractivity contribution is 5.29. The van der Waals surface area contributed by atoms with Gasteiger partial charge in [0.15, 0.2) is 0 Å². The maximum absolute atomic E-state index is 12.3. The highest BCUT2D eigenvalue weighted by Gasteiger charge is 2.30.